The van der Waals surface area contributed by atoms with Crippen LogP contribution in [-0.4, -0.2) is 28.4 Å². The number of rotatable bonds is 3. The number of phenols is 1. The van der Waals surface area contributed by atoms with E-state index in [0.29, 0.717) is 5.02 Å². The fraction of sp³-hybridized carbons (Fsp3) is 0.200. The van der Waals surface area contributed by atoms with E-state index < -0.39 is 12.0 Å². The molecule has 1 atom stereocenters. The maximum absolute atomic E-state index is 10.5. The van der Waals surface area contributed by atoms with Crippen LogP contribution in [-0.2, 0) is 4.79 Å². The van der Waals surface area contributed by atoms with Crippen LogP contribution < -0.4 is 0 Å². The van der Waals surface area contributed by atoms with Gasteiger partial charge >= 0.3 is 5.97 Å². The van der Waals surface area contributed by atoms with Gasteiger partial charge in [-0.2, -0.15) is 0 Å². The molecule has 0 aliphatic carbocycles. The number of aliphatic carboxylic acids is 1. The lowest BCUT2D eigenvalue weighted by atomic mass is 10.2. The zero-order valence-electron chi connectivity index (χ0n) is 8.32. The van der Waals surface area contributed by atoms with Gasteiger partial charge in [0, 0.05) is 16.8 Å². The molecule has 4 nitrogen and oxygen atoms in total. The van der Waals surface area contributed by atoms with Crippen LogP contribution in [0.5, 0.6) is 5.75 Å². The van der Waals surface area contributed by atoms with E-state index in [1.807, 2.05) is 0 Å². The van der Waals surface area contributed by atoms with E-state index >= 15 is 0 Å². The first-order valence-corrected chi connectivity index (χ1v) is 5.11. The summed E-state index contributed by atoms with van der Waals surface area (Å²) in [5.74, 6) is -1.23. The molecule has 16 heavy (non-hydrogen) atoms. The van der Waals surface area contributed by atoms with E-state index in [-0.39, 0.29) is 16.3 Å². The fourth-order valence-electron chi connectivity index (χ4n) is 0.940. The van der Waals surface area contributed by atoms with Crippen LogP contribution in [0.4, 0.5) is 0 Å². The van der Waals surface area contributed by atoms with E-state index in [1.165, 1.54) is 25.3 Å². The topological polar surface area (TPSA) is 69.9 Å². The summed E-state index contributed by atoms with van der Waals surface area (Å²) in [6.45, 7) is 1.42. The molecule has 1 aromatic carbocycles. The van der Waals surface area contributed by atoms with Gasteiger partial charge < -0.3 is 10.2 Å². The summed E-state index contributed by atoms with van der Waals surface area (Å²) in [7, 11) is 0. The number of hydrogen-bond acceptors (Lipinski definition) is 3. The Hall–Kier alpha value is -1.26. The summed E-state index contributed by atoms with van der Waals surface area (Å²) in [6.07, 6.45) is 1.23. The molecule has 0 spiro atoms. The third-order valence-corrected chi connectivity index (χ3v) is 2.36. The van der Waals surface area contributed by atoms with Crippen molar-refractivity contribution < 1.29 is 15.0 Å². The number of aromatic hydroxyl groups is 1. The minimum Gasteiger partial charge on any atom is -0.506 e. The number of phenolic OH excluding ortho intramolecular Hbond substituents is 1. The van der Waals surface area contributed by atoms with Crippen LogP contribution in [0.1, 0.15) is 12.5 Å². The molecular weight excluding hydrogens is 253 g/mol. The van der Waals surface area contributed by atoms with Crippen molar-refractivity contribution in [1.82, 2.24) is 0 Å². The van der Waals surface area contributed by atoms with E-state index in [9.17, 15) is 9.90 Å². The maximum Gasteiger partial charge on any atom is 0.328 e. The molecule has 2 N–H and O–H groups in total. The maximum atomic E-state index is 10.5. The molecule has 0 saturated carbocycles. The number of aliphatic imine (C=N–C) groups is 1. The average molecular weight is 262 g/mol. The monoisotopic (exact) mass is 261 g/mol. The Morgan fingerprint density at radius 2 is 2.12 bits per heavy atom. The Kier molecular flexibility index (Phi) is 4.15. The molecule has 6 heteroatoms. The van der Waals surface area contributed by atoms with E-state index in [0.717, 1.165) is 0 Å². The summed E-state index contributed by atoms with van der Waals surface area (Å²) in [5, 5.41) is 18.6. The lowest BCUT2D eigenvalue weighted by Gasteiger charge is -2.03. The molecule has 0 saturated heterocycles. The number of hydrogen-bond donors (Lipinski definition) is 2. The molecule has 1 rings (SSSR count). The predicted octanol–water partition coefficient (Wildman–Crippen LogP) is 2.59. The second kappa shape index (κ2) is 5.18. The van der Waals surface area contributed by atoms with Crippen molar-refractivity contribution in [3.05, 3.63) is 27.7 Å². The first-order chi connectivity index (χ1) is 7.41. The van der Waals surface area contributed by atoms with Gasteiger partial charge in [0.15, 0.2) is 0 Å². The fourth-order valence-corrected chi connectivity index (χ4v) is 1.45. The van der Waals surface area contributed by atoms with Crippen molar-refractivity contribution in [3.8, 4) is 5.75 Å². The molecule has 0 bridgehead atoms. The Labute approximate surface area is 102 Å². The summed E-state index contributed by atoms with van der Waals surface area (Å²) < 4.78 is 0. The van der Waals surface area contributed by atoms with Gasteiger partial charge in [0.25, 0.3) is 0 Å². The Morgan fingerprint density at radius 1 is 1.50 bits per heavy atom. The van der Waals surface area contributed by atoms with Gasteiger partial charge in [-0.3, -0.25) is 4.99 Å². The molecule has 0 aromatic heterocycles. The van der Waals surface area contributed by atoms with Gasteiger partial charge in [-0.1, -0.05) is 23.2 Å². The van der Waals surface area contributed by atoms with Crippen LogP contribution >= 0.6 is 23.2 Å². The summed E-state index contributed by atoms with van der Waals surface area (Å²) in [6, 6.07) is 1.94. The molecule has 86 valence electrons. The second-order valence-corrected chi connectivity index (χ2v) is 3.96. The Balaban J connectivity index is 3.01. The summed E-state index contributed by atoms with van der Waals surface area (Å²) in [5.41, 5.74) is 0.283. The molecule has 0 aliphatic rings. The highest BCUT2D eigenvalue weighted by atomic mass is 35.5. The van der Waals surface area contributed by atoms with Gasteiger partial charge in [0.1, 0.15) is 11.8 Å². The number of benzene rings is 1. The minimum atomic E-state index is -1.05. The van der Waals surface area contributed by atoms with Gasteiger partial charge in [-0.05, 0) is 19.1 Å². The average Bonchev–Trinajstić information content (AvgIpc) is 2.20. The third-order valence-electron chi connectivity index (χ3n) is 1.85. The summed E-state index contributed by atoms with van der Waals surface area (Å²) in [4.78, 5) is 14.2. The lowest BCUT2D eigenvalue weighted by molar-refractivity contribution is -0.137. The quantitative estimate of drug-likeness (QED) is 0.822. The van der Waals surface area contributed by atoms with E-state index in [4.69, 9.17) is 28.3 Å². The van der Waals surface area contributed by atoms with Crippen molar-refractivity contribution in [2.75, 3.05) is 0 Å². The number of carboxylic acid groups (broad SMARTS) is 1. The third kappa shape index (κ3) is 3.12. The van der Waals surface area contributed by atoms with Crippen LogP contribution in [0.3, 0.4) is 0 Å². The largest absolute Gasteiger partial charge is 0.506 e. The first kappa shape index (κ1) is 12.8. The Morgan fingerprint density at radius 3 is 2.69 bits per heavy atom. The Bertz CT molecular complexity index is 446. The molecule has 1 aromatic rings. The minimum absolute atomic E-state index is 0.0944. The van der Waals surface area contributed by atoms with Crippen molar-refractivity contribution in [1.29, 1.82) is 0 Å². The van der Waals surface area contributed by atoms with Gasteiger partial charge in [-0.15, -0.1) is 0 Å². The summed E-state index contributed by atoms with van der Waals surface area (Å²) >= 11 is 11.4. The standard InChI is InChI=1S/C10H9Cl2NO3/c1-5(10(15)16)13-4-6-2-7(11)3-8(12)9(6)14/h2-5,14H,1H3,(H,15,16)/t5-/m0/s1. The van der Waals surface area contributed by atoms with Crippen LogP contribution in [0.2, 0.25) is 10.0 Å². The highest BCUT2D eigenvalue weighted by molar-refractivity contribution is 6.36. The van der Waals surface area contributed by atoms with Crippen LogP contribution in [0.15, 0.2) is 17.1 Å². The normalized spacial score (nSPS) is 12.9. The molecule has 0 fully saturated rings. The van der Waals surface area contributed by atoms with Crippen molar-refractivity contribution in [2.24, 2.45) is 4.99 Å². The van der Waals surface area contributed by atoms with Crippen molar-refractivity contribution >= 4 is 35.4 Å². The van der Waals surface area contributed by atoms with E-state index in [1.54, 1.807) is 0 Å². The smallest absolute Gasteiger partial charge is 0.328 e. The molecule has 0 heterocycles. The molecule has 0 amide bonds. The van der Waals surface area contributed by atoms with Gasteiger partial charge in [0.05, 0.1) is 5.02 Å². The van der Waals surface area contributed by atoms with Crippen molar-refractivity contribution in [2.45, 2.75) is 13.0 Å². The SMILES string of the molecule is C[C@H](N=Cc1cc(Cl)cc(Cl)c1O)C(=O)O. The van der Waals surface area contributed by atoms with E-state index in [2.05, 4.69) is 4.99 Å². The molecule has 0 aliphatic heterocycles. The highest BCUT2D eigenvalue weighted by Crippen LogP contribution is 2.30. The highest BCUT2D eigenvalue weighted by Gasteiger charge is 2.09. The number of nitrogens with zero attached hydrogens (tertiary/aromatic N) is 1. The molecule has 0 radical (unpaired) electrons. The lowest BCUT2D eigenvalue weighted by Crippen LogP contribution is -2.13. The number of carbonyl (C=O) groups is 1. The van der Waals surface area contributed by atoms with Crippen molar-refractivity contribution in [3.63, 3.8) is 0 Å². The second-order valence-electron chi connectivity index (χ2n) is 3.12. The zero-order chi connectivity index (χ0) is 12.3. The number of carboxylic acids is 1. The van der Waals surface area contributed by atoms with Gasteiger partial charge in [0.2, 0.25) is 0 Å². The zero-order valence-corrected chi connectivity index (χ0v) is 9.83. The molecular formula is C10H9Cl2NO3. The van der Waals surface area contributed by atoms with Crippen LogP contribution in [0.25, 0.3) is 0 Å². The number of halogens is 2. The van der Waals surface area contributed by atoms with Gasteiger partial charge in [-0.25, -0.2) is 4.79 Å². The predicted molar refractivity (Wildman–Crippen MR) is 62.8 cm³/mol. The van der Waals surface area contributed by atoms with Crippen LogP contribution in [0, 0.1) is 0 Å². The first-order valence-electron chi connectivity index (χ1n) is 4.36. The molecule has 0 unspecified atom stereocenters.